The van der Waals surface area contributed by atoms with Gasteiger partial charge in [-0.2, -0.15) is 5.10 Å². The van der Waals surface area contributed by atoms with E-state index in [4.69, 9.17) is 4.74 Å². The standard InChI is InChI=1S/C11H14N4O3S/c1-18-9-2-4-10(5-3-9)19(16,17)14-7-6-11-12-8-13-15-11/h2-5,8,14H,6-7H2,1H3,(H,12,13,15). The third-order valence-electron chi connectivity index (χ3n) is 2.49. The molecule has 0 amide bonds. The van der Waals surface area contributed by atoms with Crippen molar-refractivity contribution in [3.63, 3.8) is 0 Å². The Bertz CT molecular complexity index is 608. The predicted octanol–water partition coefficient (Wildman–Crippen LogP) is 0.334. The van der Waals surface area contributed by atoms with E-state index in [1.54, 1.807) is 12.1 Å². The Balaban J connectivity index is 1.97. The molecule has 0 spiro atoms. The average Bonchev–Trinajstić information content (AvgIpc) is 2.92. The fourth-order valence-corrected chi connectivity index (χ4v) is 2.53. The highest BCUT2D eigenvalue weighted by molar-refractivity contribution is 7.89. The summed E-state index contributed by atoms with van der Waals surface area (Å²) in [6.45, 7) is 0.254. The van der Waals surface area contributed by atoms with E-state index in [0.717, 1.165) is 0 Å². The SMILES string of the molecule is COc1ccc(S(=O)(=O)NCCc2ncn[nH]2)cc1. The summed E-state index contributed by atoms with van der Waals surface area (Å²) >= 11 is 0. The highest BCUT2D eigenvalue weighted by atomic mass is 32.2. The van der Waals surface area contributed by atoms with Gasteiger partial charge in [0.05, 0.1) is 12.0 Å². The van der Waals surface area contributed by atoms with Crippen molar-refractivity contribution in [1.29, 1.82) is 0 Å². The largest absolute Gasteiger partial charge is 0.497 e. The molecule has 0 aliphatic heterocycles. The van der Waals surface area contributed by atoms with E-state index in [1.165, 1.54) is 25.6 Å². The van der Waals surface area contributed by atoms with Crippen LogP contribution in [0.1, 0.15) is 5.82 Å². The van der Waals surface area contributed by atoms with Crippen molar-refractivity contribution in [3.05, 3.63) is 36.4 Å². The minimum atomic E-state index is -3.51. The van der Waals surface area contributed by atoms with Crippen molar-refractivity contribution in [2.45, 2.75) is 11.3 Å². The number of H-pyrrole nitrogens is 1. The van der Waals surface area contributed by atoms with Crippen molar-refractivity contribution in [2.24, 2.45) is 0 Å². The molecule has 0 atom stereocenters. The number of hydrogen-bond donors (Lipinski definition) is 2. The molecule has 0 saturated carbocycles. The van der Waals surface area contributed by atoms with Crippen LogP contribution in [0.5, 0.6) is 5.75 Å². The Hall–Kier alpha value is -1.93. The maximum atomic E-state index is 12.0. The highest BCUT2D eigenvalue weighted by Crippen LogP contribution is 2.15. The molecule has 102 valence electrons. The molecular formula is C11H14N4O3S. The maximum absolute atomic E-state index is 12.0. The summed E-state index contributed by atoms with van der Waals surface area (Å²) in [7, 11) is -1.98. The van der Waals surface area contributed by atoms with Crippen LogP contribution in [0.3, 0.4) is 0 Å². The van der Waals surface area contributed by atoms with Crippen LogP contribution in [0.15, 0.2) is 35.5 Å². The number of rotatable bonds is 6. The van der Waals surface area contributed by atoms with Crippen molar-refractivity contribution >= 4 is 10.0 Å². The molecule has 1 aromatic carbocycles. The van der Waals surface area contributed by atoms with Crippen LogP contribution in [-0.4, -0.2) is 37.3 Å². The van der Waals surface area contributed by atoms with Crippen LogP contribution < -0.4 is 9.46 Å². The molecule has 8 heteroatoms. The van der Waals surface area contributed by atoms with Gasteiger partial charge in [-0.1, -0.05) is 0 Å². The van der Waals surface area contributed by atoms with Gasteiger partial charge in [0, 0.05) is 13.0 Å². The summed E-state index contributed by atoms with van der Waals surface area (Å²) < 4.78 is 31.4. The minimum Gasteiger partial charge on any atom is -0.497 e. The lowest BCUT2D eigenvalue weighted by atomic mass is 10.3. The van der Waals surface area contributed by atoms with Gasteiger partial charge >= 0.3 is 0 Å². The van der Waals surface area contributed by atoms with Gasteiger partial charge in [0.15, 0.2) is 0 Å². The molecule has 0 saturated heterocycles. The third kappa shape index (κ3) is 3.52. The zero-order valence-electron chi connectivity index (χ0n) is 10.3. The molecule has 2 rings (SSSR count). The smallest absolute Gasteiger partial charge is 0.240 e. The quantitative estimate of drug-likeness (QED) is 0.796. The summed E-state index contributed by atoms with van der Waals surface area (Å²) in [6, 6.07) is 6.20. The van der Waals surface area contributed by atoms with Crippen LogP contribution in [0.25, 0.3) is 0 Å². The summed E-state index contributed by atoms with van der Waals surface area (Å²) in [6.07, 6.45) is 1.84. The Kier molecular flexibility index (Phi) is 4.13. The number of benzene rings is 1. The van der Waals surface area contributed by atoms with Crippen LogP contribution in [0, 0.1) is 0 Å². The second-order valence-electron chi connectivity index (χ2n) is 3.76. The number of nitrogens with zero attached hydrogens (tertiary/aromatic N) is 2. The molecule has 7 nitrogen and oxygen atoms in total. The number of sulfonamides is 1. The van der Waals surface area contributed by atoms with E-state index >= 15 is 0 Å². The molecule has 0 unspecified atom stereocenters. The van der Waals surface area contributed by atoms with Crippen molar-refractivity contribution < 1.29 is 13.2 Å². The van der Waals surface area contributed by atoms with E-state index in [9.17, 15) is 8.42 Å². The van der Waals surface area contributed by atoms with Gasteiger partial charge in [-0.15, -0.1) is 0 Å². The number of nitrogens with one attached hydrogen (secondary N) is 2. The predicted molar refractivity (Wildman–Crippen MR) is 68.3 cm³/mol. The highest BCUT2D eigenvalue weighted by Gasteiger charge is 2.13. The van der Waals surface area contributed by atoms with Gasteiger partial charge in [0.25, 0.3) is 0 Å². The van der Waals surface area contributed by atoms with E-state index in [-0.39, 0.29) is 11.4 Å². The zero-order chi connectivity index (χ0) is 13.7. The first-order valence-corrected chi connectivity index (χ1v) is 7.08. The second kappa shape index (κ2) is 5.81. The van der Waals surface area contributed by atoms with Crippen molar-refractivity contribution in [3.8, 4) is 5.75 Å². The summed E-state index contributed by atoms with van der Waals surface area (Å²) in [5.41, 5.74) is 0. The Morgan fingerprint density at radius 2 is 2.05 bits per heavy atom. The van der Waals surface area contributed by atoms with Gasteiger partial charge in [-0.25, -0.2) is 18.1 Å². The lowest BCUT2D eigenvalue weighted by Crippen LogP contribution is -2.26. The van der Waals surface area contributed by atoms with Gasteiger partial charge in [-0.05, 0) is 24.3 Å². The first-order valence-electron chi connectivity index (χ1n) is 5.60. The lowest BCUT2D eigenvalue weighted by molar-refractivity contribution is 0.414. The number of methoxy groups -OCH3 is 1. The first kappa shape index (κ1) is 13.5. The molecule has 19 heavy (non-hydrogen) atoms. The number of aromatic nitrogens is 3. The minimum absolute atomic E-state index is 0.200. The second-order valence-corrected chi connectivity index (χ2v) is 5.52. The molecule has 1 aromatic heterocycles. The summed E-state index contributed by atoms with van der Waals surface area (Å²) in [5.74, 6) is 1.25. The van der Waals surface area contributed by atoms with Crippen molar-refractivity contribution in [1.82, 2.24) is 19.9 Å². The molecular weight excluding hydrogens is 268 g/mol. The summed E-state index contributed by atoms with van der Waals surface area (Å²) in [4.78, 5) is 4.11. The normalized spacial score (nSPS) is 11.4. The molecule has 2 N–H and O–H groups in total. The molecule has 2 aromatic rings. The molecule has 0 radical (unpaired) electrons. The van der Waals surface area contributed by atoms with Gasteiger partial charge in [0.2, 0.25) is 10.0 Å². The van der Waals surface area contributed by atoms with E-state index in [0.29, 0.717) is 18.0 Å². The fraction of sp³-hybridized carbons (Fsp3) is 0.273. The molecule has 0 aliphatic carbocycles. The van der Waals surface area contributed by atoms with Crippen LogP contribution >= 0.6 is 0 Å². The lowest BCUT2D eigenvalue weighted by Gasteiger charge is -2.06. The number of ether oxygens (including phenoxy) is 1. The zero-order valence-corrected chi connectivity index (χ0v) is 11.1. The van der Waals surface area contributed by atoms with Crippen molar-refractivity contribution in [2.75, 3.05) is 13.7 Å². The van der Waals surface area contributed by atoms with Gasteiger partial charge in [0.1, 0.15) is 17.9 Å². The third-order valence-corrected chi connectivity index (χ3v) is 3.97. The molecule has 0 aliphatic rings. The van der Waals surface area contributed by atoms with E-state index < -0.39 is 10.0 Å². The van der Waals surface area contributed by atoms with E-state index in [2.05, 4.69) is 19.9 Å². The monoisotopic (exact) mass is 282 g/mol. The summed E-state index contributed by atoms with van der Waals surface area (Å²) in [5, 5.41) is 6.35. The molecule has 0 bridgehead atoms. The van der Waals surface area contributed by atoms with Crippen LogP contribution in [0.4, 0.5) is 0 Å². The average molecular weight is 282 g/mol. The Labute approximate surface area is 111 Å². The Morgan fingerprint density at radius 1 is 1.32 bits per heavy atom. The maximum Gasteiger partial charge on any atom is 0.240 e. The van der Waals surface area contributed by atoms with E-state index in [1.807, 2.05) is 0 Å². The molecule has 0 fully saturated rings. The van der Waals surface area contributed by atoms with Crippen LogP contribution in [-0.2, 0) is 16.4 Å². The van der Waals surface area contributed by atoms with Gasteiger partial charge < -0.3 is 4.74 Å². The van der Waals surface area contributed by atoms with Crippen LogP contribution in [0.2, 0.25) is 0 Å². The first-order chi connectivity index (χ1) is 9.12. The topological polar surface area (TPSA) is 97.0 Å². The Morgan fingerprint density at radius 3 is 2.63 bits per heavy atom. The fourth-order valence-electron chi connectivity index (χ4n) is 1.49. The number of aromatic amines is 1. The van der Waals surface area contributed by atoms with Gasteiger partial charge in [-0.3, -0.25) is 5.10 Å². The number of hydrogen-bond acceptors (Lipinski definition) is 5. The molecule has 1 heterocycles.